The maximum Gasteiger partial charge on any atom is 0.446 e. The van der Waals surface area contributed by atoms with Crippen molar-refractivity contribution in [2.75, 3.05) is 12.8 Å². The lowest BCUT2D eigenvalue weighted by Crippen LogP contribution is -2.08. The number of hydrogen-bond donors (Lipinski definition) is 2. The van der Waals surface area contributed by atoms with E-state index in [2.05, 4.69) is 4.18 Å². The lowest BCUT2D eigenvalue weighted by atomic mass is 10.1. The Morgan fingerprint density at radius 1 is 1.22 bits per heavy atom. The van der Waals surface area contributed by atoms with Crippen LogP contribution in [0.15, 0.2) is 30.3 Å². The van der Waals surface area contributed by atoms with Crippen molar-refractivity contribution in [3.63, 3.8) is 0 Å². The Kier molecular flexibility index (Phi) is 3.02. The summed E-state index contributed by atoms with van der Waals surface area (Å²) in [4.78, 5) is 0. The summed E-state index contributed by atoms with van der Waals surface area (Å²) >= 11 is 0. The van der Waals surface area contributed by atoms with Crippen molar-refractivity contribution >= 4 is 26.9 Å². The molecule has 2 rings (SSSR count). The molecule has 0 aliphatic heterocycles. The molecule has 0 atom stereocenters. The number of rotatable bonds is 3. The summed E-state index contributed by atoms with van der Waals surface area (Å²) < 4.78 is 39.4. The van der Waals surface area contributed by atoms with Crippen molar-refractivity contribution in [3.05, 3.63) is 30.3 Å². The molecule has 18 heavy (non-hydrogen) atoms. The highest BCUT2D eigenvalue weighted by molar-refractivity contribution is 7.81. The van der Waals surface area contributed by atoms with Gasteiger partial charge in [-0.2, -0.15) is 8.42 Å². The summed E-state index contributed by atoms with van der Waals surface area (Å²) in [7, 11) is -3.09. The Balaban J connectivity index is 2.61. The minimum Gasteiger partial charge on any atom is -0.497 e. The van der Waals surface area contributed by atoms with Crippen molar-refractivity contribution in [2.45, 2.75) is 0 Å². The van der Waals surface area contributed by atoms with E-state index in [-0.39, 0.29) is 11.4 Å². The highest BCUT2D eigenvalue weighted by atomic mass is 32.3. The van der Waals surface area contributed by atoms with Crippen LogP contribution in [0.2, 0.25) is 0 Å². The first-order chi connectivity index (χ1) is 8.40. The quantitative estimate of drug-likeness (QED) is 0.648. The molecule has 0 aromatic heterocycles. The van der Waals surface area contributed by atoms with Crippen molar-refractivity contribution in [1.29, 1.82) is 0 Å². The molecule has 0 radical (unpaired) electrons. The molecule has 7 heteroatoms. The second kappa shape index (κ2) is 4.35. The van der Waals surface area contributed by atoms with Crippen molar-refractivity contribution in [3.8, 4) is 11.5 Å². The summed E-state index contributed by atoms with van der Waals surface area (Å²) in [5.74, 6) is 0.455. The Bertz CT molecular complexity index is 696. The molecule has 0 unspecified atom stereocenters. The highest BCUT2D eigenvalue weighted by Gasteiger charge is 2.12. The number of benzene rings is 2. The fraction of sp³-hybridized carbons (Fsp3) is 0.0909. The van der Waals surface area contributed by atoms with Crippen LogP contribution in [0.4, 0.5) is 5.69 Å². The molecular formula is C11H11NO5S. The van der Waals surface area contributed by atoms with Crippen molar-refractivity contribution < 1.29 is 21.9 Å². The van der Waals surface area contributed by atoms with E-state index in [1.54, 1.807) is 24.3 Å². The topological polar surface area (TPSA) is 98.8 Å². The zero-order valence-electron chi connectivity index (χ0n) is 9.45. The van der Waals surface area contributed by atoms with E-state index in [4.69, 9.17) is 15.0 Å². The highest BCUT2D eigenvalue weighted by Crippen LogP contribution is 2.33. The smallest absolute Gasteiger partial charge is 0.446 e. The second-order valence-electron chi connectivity index (χ2n) is 3.58. The van der Waals surface area contributed by atoms with Crippen LogP contribution in [0.5, 0.6) is 11.5 Å². The van der Waals surface area contributed by atoms with Crippen LogP contribution < -0.4 is 14.7 Å². The van der Waals surface area contributed by atoms with Gasteiger partial charge in [0.1, 0.15) is 5.75 Å². The van der Waals surface area contributed by atoms with E-state index >= 15 is 0 Å². The third-order valence-corrected chi connectivity index (χ3v) is 2.82. The van der Waals surface area contributed by atoms with Gasteiger partial charge in [0, 0.05) is 5.39 Å². The summed E-state index contributed by atoms with van der Waals surface area (Å²) in [6.07, 6.45) is 0. The first-order valence-corrected chi connectivity index (χ1v) is 6.30. The largest absolute Gasteiger partial charge is 0.497 e. The monoisotopic (exact) mass is 269 g/mol. The maximum absolute atomic E-state index is 10.7. The Morgan fingerprint density at radius 2 is 1.89 bits per heavy atom. The summed E-state index contributed by atoms with van der Waals surface area (Å²) in [6, 6.07) is 8.19. The van der Waals surface area contributed by atoms with Gasteiger partial charge in [-0.3, -0.25) is 4.55 Å². The molecule has 0 saturated heterocycles. The number of nitrogens with two attached hydrogens (primary N) is 1. The van der Waals surface area contributed by atoms with Crippen molar-refractivity contribution in [1.82, 2.24) is 0 Å². The summed E-state index contributed by atoms with van der Waals surface area (Å²) in [6.45, 7) is 0. The average Bonchev–Trinajstić information content (AvgIpc) is 2.31. The maximum atomic E-state index is 10.7. The molecule has 3 N–H and O–H groups in total. The molecule has 0 amide bonds. The molecule has 96 valence electrons. The third-order valence-electron chi connectivity index (χ3n) is 2.43. The Hall–Kier alpha value is -1.99. The molecule has 0 aliphatic carbocycles. The third kappa shape index (κ3) is 2.47. The van der Waals surface area contributed by atoms with Gasteiger partial charge in [0.15, 0.2) is 5.75 Å². The SMILES string of the molecule is COc1ccc2ccc(OS(=O)(=O)O)c(N)c2c1. The van der Waals surface area contributed by atoms with Gasteiger partial charge >= 0.3 is 10.4 Å². The van der Waals surface area contributed by atoms with E-state index in [1.165, 1.54) is 13.2 Å². The van der Waals surface area contributed by atoms with Gasteiger partial charge in [-0.15, -0.1) is 0 Å². The van der Waals surface area contributed by atoms with E-state index in [0.29, 0.717) is 11.1 Å². The fourth-order valence-electron chi connectivity index (χ4n) is 1.62. The van der Waals surface area contributed by atoms with Gasteiger partial charge in [-0.1, -0.05) is 12.1 Å². The fourth-order valence-corrected chi connectivity index (χ4v) is 1.99. The number of hydrogen-bond acceptors (Lipinski definition) is 5. The van der Waals surface area contributed by atoms with Gasteiger partial charge in [0.05, 0.1) is 12.8 Å². The average molecular weight is 269 g/mol. The van der Waals surface area contributed by atoms with E-state index < -0.39 is 10.4 Å². The summed E-state index contributed by atoms with van der Waals surface area (Å²) in [5.41, 5.74) is 5.91. The van der Waals surface area contributed by atoms with Crippen LogP contribution in [0.1, 0.15) is 0 Å². The van der Waals surface area contributed by atoms with Crippen LogP contribution >= 0.6 is 0 Å². The predicted octanol–water partition coefficient (Wildman–Crippen LogP) is 1.61. The molecule has 0 fully saturated rings. The lowest BCUT2D eigenvalue weighted by Gasteiger charge is -2.09. The zero-order chi connectivity index (χ0) is 13.3. The van der Waals surface area contributed by atoms with Crippen LogP contribution in [0.3, 0.4) is 0 Å². The number of anilines is 1. The standard InChI is InChI=1S/C11H11NO5S/c1-16-8-4-2-7-3-5-10(17-18(13,14)15)11(12)9(7)6-8/h2-6H,12H2,1H3,(H,13,14,15). The predicted molar refractivity (Wildman–Crippen MR) is 67.1 cm³/mol. The molecule has 0 spiro atoms. The zero-order valence-corrected chi connectivity index (χ0v) is 10.3. The Morgan fingerprint density at radius 3 is 2.50 bits per heavy atom. The van der Waals surface area contributed by atoms with Crippen LogP contribution in [0.25, 0.3) is 10.8 Å². The molecule has 2 aromatic carbocycles. The molecule has 0 aliphatic rings. The molecular weight excluding hydrogens is 258 g/mol. The Labute approximate surface area is 104 Å². The molecule has 0 bridgehead atoms. The van der Waals surface area contributed by atoms with Crippen LogP contribution in [-0.2, 0) is 10.4 Å². The lowest BCUT2D eigenvalue weighted by molar-refractivity contribution is 0.387. The second-order valence-corrected chi connectivity index (χ2v) is 4.60. The van der Waals surface area contributed by atoms with Crippen LogP contribution in [-0.4, -0.2) is 20.1 Å². The molecule has 2 aromatic rings. The van der Waals surface area contributed by atoms with E-state index in [0.717, 1.165) is 5.39 Å². The van der Waals surface area contributed by atoms with Crippen LogP contribution in [0, 0.1) is 0 Å². The molecule has 0 saturated carbocycles. The minimum absolute atomic E-state index is 0.115. The van der Waals surface area contributed by atoms with E-state index in [9.17, 15) is 8.42 Å². The van der Waals surface area contributed by atoms with Gasteiger partial charge in [0.2, 0.25) is 0 Å². The number of methoxy groups -OCH3 is 1. The van der Waals surface area contributed by atoms with Gasteiger partial charge in [-0.25, -0.2) is 0 Å². The normalized spacial score (nSPS) is 11.4. The number of fused-ring (bicyclic) bond motifs is 1. The molecule has 6 nitrogen and oxygen atoms in total. The van der Waals surface area contributed by atoms with Crippen molar-refractivity contribution in [2.24, 2.45) is 0 Å². The molecule has 0 heterocycles. The summed E-state index contributed by atoms with van der Waals surface area (Å²) in [5, 5.41) is 1.38. The van der Waals surface area contributed by atoms with Gasteiger partial charge in [-0.05, 0) is 23.6 Å². The minimum atomic E-state index is -4.60. The van der Waals surface area contributed by atoms with E-state index in [1.807, 2.05) is 0 Å². The number of nitrogen functional groups attached to an aromatic ring is 1. The number of ether oxygens (including phenoxy) is 1. The van der Waals surface area contributed by atoms with Gasteiger partial charge < -0.3 is 14.7 Å². The first kappa shape index (κ1) is 12.5. The first-order valence-electron chi connectivity index (χ1n) is 4.94. The van der Waals surface area contributed by atoms with Gasteiger partial charge in [0.25, 0.3) is 0 Å².